The van der Waals surface area contributed by atoms with Crippen molar-refractivity contribution in [1.82, 2.24) is 15.5 Å². The van der Waals surface area contributed by atoms with E-state index in [1.807, 2.05) is 0 Å². The number of carbonyl (C=O) groups excluding carboxylic acids is 1. The quantitative estimate of drug-likeness (QED) is 0.785. The lowest BCUT2D eigenvalue weighted by molar-refractivity contribution is -0.122. The van der Waals surface area contributed by atoms with Gasteiger partial charge in [-0.15, -0.1) is 0 Å². The molecular formula is C14H27N3O. The summed E-state index contributed by atoms with van der Waals surface area (Å²) in [7, 11) is 0. The molecular weight excluding hydrogens is 226 g/mol. The second-order valence-corrected chi connectivity index (χ2v) is 6.03. The summed E-state index contributed by atoms with van der Waals surface area (Å²) in [6.07, 6.45) is 4.07. The zero-order valence-electron chi connectivity index (χ0n) is 11.7. The third-order valence-electron chi connectivity index (χ3n) is 4.26. The first kappa shape index (κ1) is 13.8. The minimum atomic E-state index is 0.256. The number of nitrogens with one attached hydrogen (secondary N) is 2. The molecule has 0 radical (unpaired) electrons. The van der Waals surface area contributed by atoms with E-state index >= 15 is 0 Å². The maximum Gasteiger partial charge on any atom is 0.220 e. The Labute approximate surface area is 110 Å². The van der Waals surface area contributed by atoms with Gasteiger partial charge in [0.25, 0.3) is 0 Å². The molecule has 1 atom stereocenters. The smallest absolute Gasteiger partial charge is 0.220 e. The number of nitrogens with zero attached hydrogens (tertiary/aromatic N) is 1. The topological polar surface area (TPSA) is 44.4 Å². The van der Waals surface area contributed by atoms with Crippen LogP contribution < -0.4 is 10.6 Å². The second kappa shape index (κ2) is 6.53. The maximum atomic E-state index is 11.9. The lowest BCUT2D eigenvalue weighted by Gasteiger charge is -2.35. The van der Waals surface area contributed by atoms with Crippen LogP contribution in [-0.2, 0) is 4.79 Å². The fraction of sp³-hybridized carbons (Fsp3) is 0.929. The summed E-state index contributed by atoms with van der Waals surface area (Å²) >= 11 is 0. The molecule has 0 aliphatic carbocycles. The van der Waals surface area contributed by atoms with Gasteiger partial charge < -0.3 is 15.5 Å². The average molecular weight is 253 g/mol. The van der Waals surface area contributed by atoms with Crippen molar-refractivity contribution in [2.75, 3.05) is 26.2 Å². The van der Waals surface area contributed by atoms with Gasteiger partial charge in [-0.2, -0.15) is 0 Å². The molecule has 1 unspecified atom stereocenters. The Morgan fingerprint density at radius 2 is 2.06 bits per heavy atom. The van der Waals surface area contributed by atoms with E-state index in [0.717, 1.165) is 45.4 Å². The normalized spacial score (nSPS) is 26.7. The van der Waals surface area contributed by atoms with Crippen LogP contribution in [0, 0.1) is 5.92 Å². The Balaban J connectivity index is 1.66. The third-order valence-corrected chi connectivity index (χ3v) is 4.26. The van der Waals surface area contributed by atoms with Gasteiger partial charge in [0.2, 0.25) is 5.91 Å². The van der Waals surface area contributed by atoms with Gasteiger partial charge in [-0.1, -0.05) is 0 Å². The molecule has 0 aromatic rings. The van der Waals surface area contributed by atoms with Crippen LogP contribution in [0.1, 0.15) is 39.5 Å². The molecule has 0 aromatic carbocycles. The van der Waals surface area contributed by atoms with Crippen LogP contribution in [0.3, 0.4) is 0 Å². The highest BCUT2D eigenvalue weighted by Crippen LogP contribution is 2.15. The van der Waals surface area contributed by atoms with E-state index in [9.17, 15) is 4.79 Å². The molecule has 0 aromatic heterocycles. The average Bonchev–Trinajstić information content (AvgIpc) is 2.82. The number of amides is 1. The van der Waals surface area contributed by atoms with Crippen LogP contribution in [0.15, 0.2) is 0 Å². The number of hydrogen-bond acceptors (Lipinski definition) is 3. The fourth-order valence-electron chi connectivity index (χ4n) is 3.00. The van der Waals surface area contributed by atoms with Crippen molar-refractivity contribution in [1.29, 1.82) is 0 Å². The van der Waals surface area contributed by atoms with Crippen LogP contribution in [0.5, 0.6) is 0 Å². The van der Waals surface area contributed by atoms with E-state index < -0.39 is 0 Å². The van der Waals surface area contributed by atoms with Crippen LogP contribution in [-0.4, -0.2) is 49.1 Å². The number of likely N-dealkylation sites (tertiary alicyclic amines) is 1. The van der Waals surface area contributed by atoms with Crippen molar-refractivity contribution in [2.45, 2.75) is 51.6 Å². The molecule has 2 fully saturated rings. The highest BCUT2D eigenvalue weighted by Gasteiger charge is 2.23. The first-order valence-electron chi connectivity index (χ1n) is 7.39. The Morgan fingerprint density at radius 3 is 2.61 bits per heavy atom. The predicted octanol–water partition coefficient (Wildman–Crippen LogP) is 0.975. The number of carbonyl (C=O) groups is 1. The summed E-state index contributed by atoms with van der Waals surface area (Å²) in [4.78, 5) is 14.4. The minimum absolute atomic E-state index is 0.256. The molecule has 104 valence electrons. The van der Waals surface area contributed by atoms with Gasteiger partial charge in [0.05, 0.1) is 0 Å². The van der Waals surface area contributed by atoms with Crippen LogP contribution in [0.2, 0.25) is 0 Å². The highest BCUT2D eigenvalue weighted by molar-refractivity contribution is 5.76. The van der Waals surface area contributed by atoms with Crippen LogP contribution in [0.25, 0.3) is 0 Å². The lowest BCUT2D eigenvalue weighted by atomic mass is 10.0. The monoisotopic (exact) mass is 253 g/mol. The standard InChI is InChI=1S/C14H27N3O/c1-11(2)17-7-4-13(5-8-17)16-14(18)9-12-3-6-15-10-12/h11-13,15H,3-10H2,1-2H3,(H,16,18). The first-order valence-corrected chi connectivity index (χ1v) is 7.39. The van der Waals surface area contributed by atoms with Gasteiger partial charge in [-0.3, -0.25) is 4.79 Å². The van der Waals surface area contributed by atoms with E-state index in [2.05, 4.69) is 29.4 Å². The zero-order chi connectivity index (χ0) is 13.0. The Bertz CT molecular complexity index is 266. The van der Waals surface area contributed by atoms with Crippen molar-refractivity contribution >= 4 is 5.91 Å². The van der Waals surface area contributed by atoms with Gasteiger partial charge >= 0.3 is 0 Å². The summed E-state index contributed by atoms with van der Waals surface area (Å²) in [6, 6.07) is 1.04. The predicted molar refractivity (Wildman–Crippen MR) is 73.5 cm³/mol. The third kappa shape index (κ3) is 3.95. The Kier molecular flexibility index (Phi) is 5.01. The molecule has 4 heteroatoms. The Hall–Kier alpha value is -0.610. The van der Waals surface area contributed by atoms with Crippen LogP contribution in [0.4, 0.5) is 0 Å². The molecule has 2 aliphatic rings. The number of hydrogen-bond donors (Lipinski definition) is 2. The summed E-state index contributed by atoms with van der Waals surface area (Å²) < 4.78 is 0. The van der Waals surface area contributed by atoms with E-state index in [1.165, 1.54) is 0 Å². The molecule has 18 heavy (non-hydrogen) atoms. The van der Waals surface area contributed by atoms with Crippen molar-refractivity contribution in [3.63, 3.8) is 0 Å². The summed E-state index contributed by atoms with van der Waals surface area (Å²) in [5.41, 5.74) is 0. The molecule has 2 rings (SSSR count). The summed E-state index contributed by atoms with van der Waals surface area (Å²) in [6.45, 7) is 8.81. The number of piperidine rings is 1. The summed E-state index contributed by atoms with van der Waals surface area (Å²) in [5, 5.41) is 6.52. The molecule has 1 amide bonds. The Morgan fingerprint density at radius 1 is 1.33 bits per heavy atom. The van der Waals surface area contributed by atoms with Crippen molar-refractivity contribution in [3.05, 3.63) is 0 Å². The molecule has 2 N–H and O–H groups in total. The van der Waals surface area contributed by atoms with Crippen LogP contribution >= 0.6 is 0 Å². The van der Waals surface area contributed by atoms with Gasteiger partial charge in [-0.05, 0) is 52.1 Å². The molecule has 0 saturated carbocycles. The highest BCUT2D eigenvalue weighted by atomic mass is 16.1. The zero-order valence-corrected chi connectivity index (χ0v) is 11.7. The summed E-state index contributed by atoms with van der Waals surface area (Å²) in [5.74, 6) is 0.812. The van der Waals surface area contributed by atoms with Gasteiger partial charge in [0.1, 0.15) is 0 Å². The lowest BCUT2D eigenvalue weighted by Crippen LogP contribution is -2.46. The molecule has 0 spiro atoms. The van der Waals surface area contributed by atoms with Gasteiger partial charge in [0, 0.05) is 31.6 Å². The molecule has 2 aliphatic heterocycles. The first-order chi connectivity index (χ1) is 8.65. The van der Waals surface area contributed by atoms with E-state index in [1.54, 1.807) is 0 Å². The van der Waals surface area contributed by atoms with E-state index in [0.29, 0.717) is 24.4 Å². The van der Waals surface area contributed by atoms with Crippen molar-refractivity contribution < 1.29 is 4.79 Å². The van der Waals surface area contributed by atoms with Crippen molar-refractivity contribution in [3.8, 4) is 0 Å². The molecule has 2 heterocycles. The van der Waals surface area contributed by atoms with E-state index in [-0.39, 0.29) is 5.91 Å². The van der Waals surface area contributed by atoms with Gasteiger partial charge in [-0.25, -0.2) is 0 Å². The molecule has 2 saturated heterocycles. The molecule has 0 bridgehead atoms. The second-order valence-electron chi connectivity index (χ2n) is 6.03. The fourth-order valence-corrected chi connectivity index (χ4v) is 3.00. The maximum absolute atomic E-state index is 11.9. The SMILES string of the molecule is CC(C)N1CCC(NC(=O)CC2CCNC2)CC1. The molecule has 4 nitrogen and oxygen atoms in total. The largest absolute Gasteiger partial charge is 0.353 e. The van der Waals surface area contributed by atoms with E-state index in [4.69, 9.17) is 0 Å². The number of rotatable bonds is 4. The van der Waals surface area contributed by atoms with Gasteiger partial charge in [0.15, 0.2) is 0 Å². The minimum Gasteiger partial charge on any atom is -0.353 e. The van der Waals surface area contributed by atoms with Crippen molar-refractivity contribution in [2.24, 2.45) is 5.92 Å².